The highest BCUT2D eigenvalue weighted by atomic mass is 127. The Morgan fingerprint density at radius 1 is 0.964 bits per heavy atom. The molecule has 0 amide bonds. The van der Waals surface area contributed by atoms with Gasteiger partial charge in [-0.05, 0) is 54.2 Å². The Morgan fingerprint density at radius 3 is 1.79 bits per heavy atom. The molecule has 0 aromatic rings. The Morgan fingerprint density at radius 2 is 1.39 bits per heavy atom. The van der Waals surface area contributed by atoms with Gasteiger partial charge < -0.3 is 14.0 Å². The SMILES string of the molecule is CC(/C=C/I)=C\[C@H](O[Si](C)(C)C(C)(C)C)[C@@H](O)C[C@@H](C)O[Si](C)(C)C(C)(C)C. The van der Waals surface area contributed by atoms with Gasteiger partial charge in [0.25, 0.3) is 0 Å². The van der Waals surface area contributed by atoms with Crippen LogP contribution < -0.4 is 0 Å². The summed E-state index contributed by atoms with van der Waals surface area (Å²) in [6.07, 6.45) is 3.77. The second-order valence-electron chi connectivity index (χ2n) is 11.0. The van der Waals surface area contributed by atoms with Crippen LogP contribution >= 0.6 is 22.6 Å². The summed E-state index contributed by atoms with van der Waals surface area (Å²) in [6.45, 7) is 26.5. The molecule has 0 aromatic carbocycles. The highest BCUT2D eigenvalue weighted by Crippen LogP contribution is 2.39. The molecular formula is C22H45IO3Si2. The van der Waals surface area contributed by atoms with Gasteiger partial charge in [-0.2, -0.15) is 0 Å². The maximum atomic E-state index is 11.1. The van der Waals surface area contributed by atoms with E-state index in [2.05, 4.69) is 110 Å². The van der Waals surface area contributed by atoms with Crippen LogP contribution in [-0.2, 0) is 8.85 Å². The number of allylic oxidation sites excluding steroid dienone is 2. The summed E-state index contributed by atoms with van der Waals surface area (Å²) in [4.78, 5) is 0. The van der Waals surface area contributed by atoms with Crippen molar-refractivity contribution in [3.05, 3.63) is 21.8 Å². The molecule has 0 radical (unpaired) electrons. The minimum Gasteiger partial charge on any atom is -0.414 e. The molecule has 3 nitrogen and oxygen atoms in total. The second-order valence-corrected chi connectivity index (χ2v) is 21.3. The Bertz CT molecular complexity index is 543. The zero-order valence-electron chi connectivity index (χ0n) is 20.3. The molecule has 0 unspecified atom stereocenters. The Balaban J connectivity index is 5.48. The molecule has 0 heterocycles. The maximum Gasteiger partial charge on any atom is 0.193 e. The van der Waals surface area contributed by atoms with Crippen molar-refractivity contribution < 1.29 is 14.0 Å². The molecule has 1 N–H and O–H groups in total. The van der Waals surface area contributed by atoms with Crippen molar-refractivity contribution in [3.8, 4) is 0 Å². The minimum absolute atomic E-state index is 0.00442. The van der Waals surface area contributed by atoms with Gasteiger partial charge in [0.05, 0.1) is 12.2 Å². The minimum atomic E-state index is -2.01. The number of rotatable bonds is 9. The van der Waals surface area contributed by atoms with E-state index >= 15 is 0 Å². The van der Waals surface area contributed by atoms with E-state index in [1.165, 1.54) is 0 Å². The van der Waals surface area contributed by atoms with E-state index in [0.717, 1.165) is 5.57 Å². The fraction of sp³-hybridized carbons (Fsp3) is 0.818. The first kappa shape index (κ1) is 28.5. The van der Waals surface area contributed by atoms with Gasteiger partial charge in [-0.3, -0.25) is 0 Å². The molecule has 0 spiro atoms. The maximum absolute atomic E-state index is 11.1. The molecule has 0 aliphatic heterocycles. The summed E-state index contributed by atoms with van der Waals surface area (Å²) in [6, 6.07) is 0. The van der Waals surface area contributed by atoms with Crippen molar-refractivity contribution in [1.29, 1.82) is 0 Å². The average Bonchev–Trinajstić information content (AvgIpc) is 2.43. The van der Waals surface area contributed by atoms with Crippen molar-refractivity contribution >= 4 is 39.2 Å². The third-order valence-electron chi connectivity index (χ3n) is 6.24. The van der Waals surface area contributed by atoms with Crippen LogP contribution in [0.25, 0.3) is 0 Å². The number of hydrogen-bond donors (Lipinski definition) is 1. The van der Waals surface area contributed by atoms with Gasteiger partial charge >= 0.3 is 0 Å². The van der Waals surface area contributed by atoms with Gasteiger partial charge in [-0.15, -0.1) is 0 Å². The lowest BCUT2D eigenvalue weighted by atomic mass is 10.1. The smallest absolute Gasteiger partial charge is 0.193 e. The van der Waals surface area contributed by atoms with Crippen molar-refractivity contribution in [2.75, 3.05) is 0 Å². The third kappa shape index (κ3) is 9.12. The van der Waals surface area contributed by atoms with Crippen LogP contribution in [0.4, 0.5) is 0 Å². The monoisotopic (exact) mass is 540 g/mol. The van der Waals surface area contributed by atoms with Gasteiger partial charge in [0.1, 0.15) is 0 Å². The van der Waals surface area contributed by atoms with Crippen molar-refractivity contribution in [2.45, 2.75) is 116 Å². The number of hydrogen-bond acceptors (Lipinski definition) is 3. The highest BCUT2D eigenvalue weighted by molar-refractivity contribution is 14.1. The molecule has 6 heteroatoms. The van der Waals surface area contributed by atoms with Gasteiger partial charge in [-0.1, -0.05) is 81.9 Å². The van der Waals surface area contributed by atoms with Crippen LogP contribution in [0.1, 0.15) is 61.8 Å². The second kappa shape index (κ2) is 10.7. The van der Waals surface area contributed by atoms with Crippen LogP contribution in [-0.4, -0.2) is 40.1 Å². The van der Waals surface area contributed by atoms with Crippen molar-refractivity contribution in [3.63, 3.8) is 0 Å². The molecule has 3 atom stereocenters. The highest BCUT2D eigenvalue weighted by Gasteiger charge is 2.41. The van der Waals surface area contributed by atoms with E-state index in [1.54, 1.807) is 0 Å². The predicted octanol–water partition coefficient (Wildman–Crippen LogP) is 7.43. The van der Waals surface area contributed by atoms with Crippen LogP contribution in [0.2, 0.25) is 36.3 Å². The van der Waals surface area contributed by atoms with E-state index in [4.69, 9.17) is 8.85 Å². The summed E-state index contributed by atoms with van der Waals surface area (Å²) < 4.78 is 15.1. The standard InChI is InChI=1S/C22H45IO3Si2/c1-17(13-14-23)15-20(26-28(11,12)22(6,7)8)19(24)16-18(2)25-27(9,10)21(3,4)5/h13-15,18-20,24H,16H2,1-12H3/b14-13+,17-15+/t18-,19+,20+/m1/s1. The molecule has 0 bridgehead atoms. The zero-order chi connectivity index (χ0) is 22.6. The summed E-state index contributed by atoms with van der Waals surface area (Å²) in [5, 5.41) is 11.3. The lowest BCUT2D eigenvalue weighted by Crippen LogP contribution is -2.48. The number of aliphatic hydroxyl groups excluding tert-OH is 1. The van der Waals surface area contributed by atoms with E-state index in [-0.39, 0.29) is 22.3 Å². The fourth-order valence-corrected chi connectivity index (χ4v) is 5.64. The van der Waals surface area contributed by atoms with E-state index in [1.807, 2.05) is 10.2 Å². The first-order valence-electron chi connectivity index (χ1n) is 10.3. The Labute approximate surface area is 190 Å². The van der Waals surface area contributed by atoms with E-state index < -0.39 is 22.7 Å². The van der Waals surface area contributed by atoms with Gasteiger partial charge in [0.15, 0.2) is 16.6 Å². The topological polar surface area (TPSA) is 38.7 Å². The molecule has 0 aromatic heterocycles. The molecular weight excluding hydrogens is 495 g/mol. The molecule has 0 aliphatic rings. The summed E-state index contributed by atoms with van der Waals surface area (Å²) in [5.41, 5.74) is 1.11. The molecule has 166 valence electrons. The van der Waals surface area contributed by atoms with Gasteiger partial charge in [0.2, 0.25) is 0 Å². The van der Waals surface area contributed by atoms with Crippen LogP contribution in [0.15, 0.2) is 21.8 Å². The predicted molar refractivity (Wildman–Crippen MR) is 137 cm³/mol. The largest absolute Gasteiger partial charge is 0.414 e. The Hall–Kier alpha value is 0.524. The lowest BCUT2D eigenvalue weighted by Gasteiger charge is -2.41. The average molecular weight is 541 g/mol. The summed E-state index contributed by atoms with van der Waals surface area (Å²) in [7, 11) is -3.87. The summed E-state index contributed by atoms with van der Waals surface area (Å²) >= 11 is 2.22. The third-order valence-corrected chi connectivity index (χ3v) is 15.7. The van der Waals surface area contributed by atoms with Gasteiger partial charge in [0, 0.05) is 12.5 Å². The molecule has 0 saturated carbocycles. The first-order chi connectivity index (χ1) is 12.3. The molecule has 28 heavy (non-hydrogen) atoms. The van der Waals surface area contributed by atoms with Gasteiger partial charge in [-0.25, -0.2) is 0 Å². The molecule has 0 rings (SSSR count). The molecule has 0 aliphatic carbocycles. The Kier molecular flexibility index (Phi) is 10.9. The van der Waals surface area contributed by atoms with Crippen LogP contribution in [0, 0.1) is 0 Å². The normalized spacial score (nSPS) is 18.4. The number of aliphatic hydroxyl groups is 1. The fourth-order valence-electron chi connectivity index (χ4n) is 2.36. The van der Waals surface area contributed by atoms with Crippen molar-refractivity contribution in [2.24, 2.45) is 0 Å². The molecule has 0 fully saturated rings. The number of halogens is 1. The van der Waals surface area contributed by atoms with Crippen molar-refractivity contribution in [1.82, 2.24) is 0 Å². The first-order valence-corrected chi connectivity index (χ1v) is 17.4. The van der Waals surface area contributed by atoms with Crippen LogP contribution in [0.5, 0.6) is 0 Å². The lowest BCUT2D eigenvalue weighted by molar-refractivity contribution is 0.0220. The quantitative estimate of drug-likeness (QED) is 0.188. The van der Waals surface area contributed by atoms with Crippen LogP contribution in [0.3, 0.4) is 0 Å². The van der Waals surface area contributed by atoms with E-state index in [0.29, 0.717) is 6.42 Å². The summed E-state index contributed by atoms with van der Waals surface area (Å²) in [5.74, 6) is 0. The zero-order valence-corrected chi connectivity index (χ0v) is 24.5. The van der Waals surface area contributed by atoms with E-state index in [9.17, 15) is 5.11 Å². The molecule has 0 saturated heterocycles.